The van der Waals surface area contributed by atoms with E-state index < -0.39 is 0 Å². The number of aryl methyl sites for hydroxylation is 2. The first-order valence-corrected chi connectivity index (χ1v) is 5.77. The molecule has 0 fully saturated rings. The zero-order valence-corrected chi connectivity index (χ0v) is 10.3. The number of benzene rings is 1. The van der Waals surface area contributed by atoms with Crippen molar-refractivity contribution < 1.29 is 4.79 Å². The summed E-state index contributed by atoms with van der Waals surface area (Å²) in [4.78, 5) is 11.7. The first kappa shape index (κ1) is 12.2. The summed E-state index contributed by atoms with van der Waals surface area (Å²) >= 11 is 0. The Morgan fingerprint density at radius 1 is 1.33 bits per heavy atom. The Kier molecular flexibility index (Phi) is 3.62. The number of hydrogen-bond donors (Lipinski definition) is 2. The predicted octanol–water partition coefficient (Wildman–Crippen LogP) is 1.57. The molecule has 3 N–H and O–H groups in total. The number of amides is 1. The predicted molar refractivity (Wildman–Crippen MR) is 71.0 cm³/mol. The van der Waals surface area contributed by atoms with Crippen LogP contribution in [0.25, 0.3) is 0 Å². The third kappa shape index (κ3) is 3.35. The monoisotopic (exact) mass is 244 g/mol. The van der Waals surface area contributed by atoms with Crippen LogP contribution in [0.2, 0.25) is 0 Å². The fourth-order valence-corrected chi connectivity index (χ4v) is 1.63. The van der Waals surface area contributed by atoms with E-state index in [1.165, 1.54) is 0 Å². The number of anilines is 2. The molecule has 0 atom stereocenters. The van der Waals surface area contributed by atoms with Crippen LogP contribution < -0.4 is 11.1 Å². The second kappa shape index (κ2) is 5.35. The van der Waals surface area contributed by atoms with E-state index in [2.05, 4.69) is 10.4 Å². The highest BCUT2D eigenvalue weighted by atomic mass is 16.1. The minimum atomic E-state index is -0.0366. The number of rotatable bonds is 4. The van der Waals surface area contributed by atoms with E-state index >= 15 is 0 Å². The molecule has 1 amide bonds. The van der Waals surface area contributed by atoms with Gasteiger partial charge in [0.1, 0.15) is 0 Å². The Morgan fingerprint density at radius 2 is 2.06 bits per heavy atom. The number of nitrogens with two attached hydrogens (primary N) is 1. The van der Waals surface area contributed by atoms with Crippen LogP contribution in [0.5, 0.6) is 0 Å². The highest BCUT2D eigenvalue weighted by Crippen LogP contribution is 2.08. The summed E-state index contributed by atoms with van der Waals surface area (Å²) in [6, 6.07) is 9.31. The summed E-state index contributed by atoms with van der Waals surface area (Å²) in [5.74, 6) is 0.547. The molecule has 0 bridgehead atoms. The molecule has 0 aliphatic heterocycles. The van der Waals surface area contributed by atoms with Crippen molar-refractivity contribution in [3.63, 3.8) is 0 Å². The number of nitrogen functional groups attached to an aromatic ring is 1. The van der Waals surface area contributed by atoms with Crippen molar-refractivity contribution in [3.05, 3.63) is 42.1 Å². The maximum atomic E-state index is 11.7. The van der Waals surface area contributed by atoms with Gasteiger partial charge in [-0.05, 0) is 24.1 Å². The van der Waals surface area contributed by atoms with Crippen LogP contribution in [0.4, 0.5) is 11.5 Å². The van der Waals surface area contributed by atoms with Gasteiger partial charge in [0.15, 0.2) is 5.82 Å². The first-order valence-electron chi connectivity index (χ1n) is 5.77. The molecule has 1 aromatic carbocycles. The summed E-state index contributed by atoms with van der Waals surface area (Å²) in [6.45, 7) is 0. The second-order valence-corrected chi connectivity index (χ2v) is 4.16. The Balaban J connectivity index is 1.83. The van der Waals surface area contributed by atoms with Gasteiger partial charge in [-0.2, -0.15) is 5.10 Å². The SMILES string of the molecule is Cn1ccc(NC(=O)CCc2ccc(N)cc2)n1. The lowest BCUT2D eigenvalue weighted by atomic mass is 10.1. The zero-order valence-electron chi connectivity index (χ0n) is 10.3. The molecule has 1 aromatic heterocycles. The van der Waals surface area contributed by atoms with E-state index in [9.17, 15) is 4.79 Å². The summed E-state index contributed by atoms with van der Waals surface area (Å²) in [5.41, 5.74) is 7.43. The summed E-state index contributed by atoms with van der Waals surface area (Å²) in [5, 5.41) is 6.83. The minimum absolute atomic E-state index is 0.0366. The van der Waals surface area contributed by atoms with E-state index in [4.69, 9.17) is 5.73 Å². The van der Waals surface area contributed by atoms with Crippen molar-refractivity contribution in [2.75, 3.05) is 11.1 Å². The Bertz CT molecular complexity index is 530. The molecule has 0 saturated heterocycles. The molecule has 0 unspecified atom stereocenters. The van der Waals surface area contributed by atoms with Gasteiger partial charge in [0, 0.05) is 31.4 Å². The lowest BCUT2D eigenvalue weighted by molar-refractivity contribution is -0.116. The highest BCUT2D eigenvalue weighted by molar-refractivity contribution is 5.89. The molecule has 5 nitrogen and oxygen atoms in total. The van der Waals surface area contributed by atoms with Crippen molar-refractivity contribution in [3.8, 4) is 0 Å². The van der Waals surface area contributed by atoms with Crippen LogP contribution in [0, 0.1) is 0 Å². The number of nitrogens with zero attached hydrogens (tertiary/aromatic N) is 2. The van der Waals surface area contributed by atoms with E-state index in [-0.39, 0.29) is 5.91 Å². The van der Waals surface area contributed by atoms with Gasteiger partial charge in [0.25, 0.3) is 0 Å². The number of hydrogen-bond acceptors (Lipinski definition) is 3. The van der Waals surface area contributed by atoms with Crippen molar-refractivity contribution in [1.82, 2.24) is 9.78 Å². The molecule has 94 valence electrons. The van der Waals surface area contributed by atoms with Gasteiger partial charge in [0.05, 0.1) is 0 Å². The minimum Gasteiger partial charge on any atom is -0.399 e. The third-order valence-electron chi connectivity index (χ3n) is 2.60. The molecule has 0 saturated carbocycles. The van der Waals surface area contributed by atoms with Gasteiger partial charge in [-0.25, -0.2) is 0 Å². The summed E-state index contributed by atoms with van der Waals surface area (Å²) in [7, 11) is 1.81. The molecule has 0 spiro atoms. The normalized spacial score (nSPS) is 10.3. The fraction of sp³-hybridized carbons (Fsp3) is 0.231. The standard InChI is InChI=1S/C13H16N4O/c1-17-9-8-12(16-17)15-13(18)7-4-10-2-5-11(14)6-3-10/h2-3,5-6,8-9H,4,7,14H2,1H3,(H,15,16,18). The molecule has 5 heteroatoms. The van der Waals surface area contributed by atoms with Crippen molar-refractivity contribution >= 4 is 17.4 Å². The topological polar surface area (TPSA) is 72.9 Å². The first-order chi connectivity index (χ1) is 8.63. The quantitative estimate of drug-likeness (QED) is 0.802. The van der Waals surface area contributed by atoms with E-state index in [0.29, 0.717) is 18.7 Å². The van der Waals surface area contributed by atoms with Crippen molar-refractivity contribution in [2.45, 2.75) is 12.8 Å². The molecule has 0 aliphatic carbocycles. The van der Waals surface area contributed by atoms with Crippen LogP contribution in [0.3, 0.4) is 0 Å². The van der Waals surface area contributed by atoms with Gasteiger partial charge >= 0.3 is 0 Å². The van der Waals surface area contributed by atoms with E-state index in [0.717, 1.165) is 11.3 Å². The lowest BCUT2D eigenvalue weighted by Crippen LogP contribution is -2.13. The Labute approximate surface area is 106 Å². The molecule has 18 heavy (non-hydrogen) atoms. The third-order valence-corrected chi connectivity index (χ3v) is 2.60. The molecule has 2 aromatic rings. The van der Waals surface area contributed by atoms with Crippen LogP contribution in [-0.2, 0) is 18.3 Å². The molecular formula is C13H16N4O. The summed E-state index contributed by atoms with van der Waals surface area (Å²) < 4.78 is 1.65. The largest absolute Gasteiger partial charge is 0.399 e. The Hall–Kier alpha value is -2.30. The number of nitrogens with one attached hydrogen (secondary N) is 1. The van der Waals surface area contributed by atoms with Gasteiger partial charge < -0.3 is 11.1 Å². The van der Waals surface area contributed by atoms with Crippen LogP contribution in [-0.4, -0.2) is 15.7 Å². The maximum Gasteiger partial charge on any atom is 0.225 e. The molecule has 0 aliphatic rings. The highest BCUT2D eigenvalue weighted by Gasteiger charge is 2.04. The fourth-order valence-electron chi connectivity index (χ4n) is 1.63. The smallest absolute Gasteiger partial charge is 0.225 e. The lowest BCUT2D eigenvalue weighted by Gasteiger charge is -2.03. The second-order valence-electron chi connectivity index (χ2n) is 4.16. The van der Waals surface area contributed by atoms with Gasteiger partial charge in [-0.15, -0.1) is 0 Å². The molecule has 2 rings (SSSR count). The zero-order chi connectivity index (χ0) is 13.0. The summed E-state index contributed by atoms with van der Waals surface area (Å²) in [6.07, 6.45) is 2.91. The van der Waals surface area contributed by atoms with Gasteiger partial charge in [0.2, 0.25) is 5.91 Å². The van der Waals surface area contributed by atoms with Crippen molar-refractivity contribution in [2.24, 2.45) is 7.05 Å². The molecular weight excluding hydrogens is 228 g/mol. The number of carbonyl (C=O) groups is 1. The van der Waals surface area contributed by atoms with E-state index in [1.807, 2.05) is 31.3 Å². The van der Waals surface area contributed by atoms with Crippen LogP contribution in [0.15, 0.2) is 36.5 Å². The Morgan fingerprint density at radius 3 is 2.67 bits per heavy atom. The van der Waals surface area contributed by atoms with Gasteiger partial charge in [-0.3, -0.25) is 9.48 Å². The molecule has 0 radical (unpaired) electrons. The average Bonchev–Trinajstić information content (AvgIpc) is 2.74. The van der Waals surface area contributed by atoms with Crippen LogP contribution >= 0.6 is 0 Å². The average molecular weight is 244 g/mol. The maximum absolute atomic E-state index is 11.7. The van der Waals surface area contributed by atoms with Crippen LogP contribution in [0.1, 0.15) is 12.0 Å². The molecule has 1 heterocycles. The van der Waals surface area contributed by atoms with Gasteiger partial charge in [-0.1, -0.05) is 12.1 Å². The number of aromatic nitrogens is 2. The van der Waals surface area contributed by atoms with Crippen molar-refractivity contribution in [1.29, 1.82) is 0 Å². The number of carbonyl (C=O) groups excluding carboxylic acids is 1. The van der Waals surface area contributed by atoms with E-state index in [1.54, 1.807) is 16.9 Å².